The molecular formula is C19H24N4O. The first-order valence-corrected chi connectivity index (χ1v) is 8.85. The Morgan fingerprint density at radius 3 is 2.71 bits per heavy atom. The lowest BCUT2D eigenvalue weighted by Gasteiger charge is -2.24. The summed E-state index contributed by atoms with van der Waals surface area (Å²) in [7, 11) is 0. The van der Waals surface area contributed by atoms with E-state index in [0.29, 0.717) is 17.7 Å². The van der Waals surface area contributed by atoms with Gasteiger partial charge in [0.1, 0.15) is 11.6 Å². The lowest BCUT2D eigenvalue weighted by Crippen LogP contribution is -2.38. The van der Waals surface area contributed by atoms with Crippen molar-refractivity contribution in [3.8, 4) is 17.0 Å². The maximum absolute atomic E-state index is 10.4. The lowest BCUT2D eigenvalue weighted by atomic mass is 10.0. The Bertz CT molecular complexity index is 736. The number of nitrogens with zero attached hydrogens (tertiary/aromatic N) is 2. The number of nitrogens with one attached hydrogen (secondary N) is 2. The normalized spacial score (nSPS) is 20.8. The zero-order valence-electron chi connectivity index (χ0n) is 14.0. The van der Waals surface area contributed by atoms with Crippen LogP contribution in [-0.4, -0.2) is 34.4 Å². The molecule has 1 atom stereocenters. The molecule has 3 N–H and O–H groups in total. The Morgan fingerprint density at radius 2 is 2.04 bits per heavy atom. The highest BCUT2D eigenvalue weighted by Gasteiger charge is 2.24. The number of aromatic nitrogens is 2. The number of hydrogen-bond donors (Lipinski definition) is 3. The number of phenolic OH excluding ortho intramolecular Hbond substituents is 1. The van der Waals surface area contributed by atoms with Gasteiger partial charge in [-0.05, 0) is 74.4 Å². The summed E-state index contributed by atoms with van der Waals surface area (Å²) in [6.07, 6.45) is 4.80. The van der Waals surface area contributed by atoms with E-state index in [1.165, 1.54) is 24.8 Å². The largest absolute Gasteiger partial charge is 0.507 e. The molecule has 0 amide bonds. The molecule has 2 heterocycles. The van der Waals surface area contributed by atoms with Gasteiger partial charge in [-0.1, -0.05) is 6.07 Å². The first-order valence-electron chi connectivity index (χ1n) is 8.85. The fraction of sp³-hybridized carbons (Fsp3) is 0.474. The van der Waals surface area contributed by atoms with Gasteiger partial charge in [-0.15, -0.1) is 10.2 Å². The van der Waals surface area contributed by atoms with E-state index in [2.05, 4.69) is 26.9 Å². The van der Waals surface area contributed by atoms with Crippen molar-refractivity contribution in [2.75, 3.05) is 18.4 Å². The van der Waals surface area contributed by atoms with E-state index >= 15 is 0 Å². The van der Waals surface area contributed by atoms with Crippen molar-refractivity contribution in [2.24, 2.45) is 0 Å². The van der Waals surface area contributed by atoms with Crippen LogP contribution in [0.2, 0.25) is 0 Å². The second-order valence-corrected chi connectivity index (χ2v) is 7.00. The molecule has 24 heavy (non-hydrogen) atoms. The van der Waals surface area contributed by atoms with Crippen LogP contribution in [0.15, 0.2) is 24.3 Å². The molecule has 1 aliphatic carbocycles. The van der Waals surface area contributed by atoms with Gasteiger partial charge < -0.3 is 15.7 Å². The number of rotatable bonds is 4. The van der Waals surface area contributed by atoms with Gasteiger partial charge in [0.2, 0.25) is 0 Å². The van der Waals surface area contributed by atoms with Crippen molar-refractivity contribution < 1.29 is 5.11 Å². The summed E-state index contributed by atoms with van der Waals surface area (Å²) in [6.45, 7) is 4.08. The van der Waals surface area contributed by atoms with Gasteiger partial charge in [-0.3, -0.25) is 0 Å². The molecule has 1 saturated carbocycles. The highest BCUT2D eigenvalue weighted by atomic mass is 16.3. The third kappa shape index (κ3) is 3.22. The maximum Gasteiger partial charge on any atom is 0.149 e. The summed E-state index contributed by atoms with van der Waals surface area (Å²) in [5, 5.41) is 25.9. The summed E-state index contributed by atoms with van der Waals surface area (Å²) in [6, 6.07) is 8.38. The van der Waals surface area contributed by atoms with Crippen LogP contribution in [0.3, 0.4) is 0 Å². The molecule has 2 aliphatic rings. The second kappa shape index (κ2) is 6.40. The zero-order chi connectivity index (χ0) is 16.5. The molecule has 126 valence electrons. The minimum Gasteiger partial charge on any atom is -0.507 e. The van der Waals surface area contributed by atoms with Crippen molar-refractivity contribution in [1.82, 2.24) is 15.5 Å². The molecular weight excluding hydrogens is 300 g/mol. The zero-order valence-corrected chi connectivity index (χ0v) is 14.0. The monoisotopic (exact) mass is 324 g/mol. The summed E-state index contributed by atoms with van der Waals surface area (Å²) in [4.78, 5) is 0. The third-order valence-corrected chi connectivity index (χ3v) is 4.96. The third-order valence-electron chi connectivity index (χ3n) is 4.96. The predicted molar refractivity (Wildman–Crippen MR) is 95.4 cm³/mol. The minimum absolute atomic E-state index is 0.300. The van der Waals surface area contributed by atoms with Crippen LogP contribution in [0, 0.1) is 6.92 Å². The van der Waals surface area contributed by atoms with Crippen LogP contribution < -0.4 is 10.6 Å². The van der Waals surface area contributed by atoms with E-state index < -0.39 is 0 Å². The number of aromatic hydroxyl groups is 1. The Labute approximate surface area is 142 Å². The van der Waals surface area contributed by atoms with Crippen LogP contribution in [0.25, 0.3) is 11.3 Å². The molecule has 1 saturated heterocycles. The van der Waals surface area contributed by atoms with Crippen LogP contribution in [0.4, 0.5) is 5.82 Å². The molecule has 5 nitrogen and oxygen atoms in total. The Balaban J connectivity index is 1.55. The standard InChI is InChI=1S/C19H24N4O/c1-12-9-18(21-15-3-2-8-20-11-15)22-23-19(12)16-7-6-14(10-17(16)24)13-4-5-13/h6-7,9-10,13,15,20,24H,2-5,8,11H2,1H3,(H,21,22)/t15-/m1/s1. The molecule has 2 aromatic rings. The van der Waals surface area contributed by atoms with E-state index in [0.717, 1.165) is 42.1 Å². The van der Waals surface area contributed by atoms with Gasteiger partial charge in [0.05, 0.1) is 5.69 Å². The van der Waals surface area contributed by atoms with Gasteiger partial charge in [0.15, 0.2) is 0 Å². The summed E-state index contributed by atoms with van der Waals surface area (Å²) in [5.41, 5.74) is 3.76. The van der Waals surface area contributed by atoms with Crippen LogP contribution in [-0.2, 0) is 0 Å². The van der Waals surface area contributed by atoms with Gasteiger partial charge in [-0.2, -0.15) is 0 Å². The fourth-order valence-electron chi connectivity index (χ4n) is 3.43. The number of phenols is 1. The van der Waals surface area contributed by atoms with Gasteiger partial charge in [0.25, 0.3) is 0 Å². The Kier molecular flexibility index (Phi) is 4.10. The van der Waals surface area contributed by atoms with E-state index in [4.69, 9.17) is 0 Å². The number of anilines is 1. The Hall–Kier alpha value is -2.14. The van der Waals surface area contributed by atoms with E-state index in [1.807, 2.05) is 25.1 Å². The van der Waals surface area contributed by atoms with Crippen molar-refractivity contribution in [1.29, 1.82) is 0 Å². The van der Waals surface area contributed by atoms with Crippen molar-refractivity contribution in [3.05, 3.63) is 35.4 Å². The lowest BCUT2D eigenvalue weighted by molar-refractivity contribution is 0.476. The van der Waals surface area contributed by atoms with Crippen LogP contribution >= 0.6 is 0 Å². The van der Waals surface area contributed by atoms with Crippen LogP contribution in [0.5, 0.6) is 5.75 Å². The topological polar surface area (TPSA) is 70.1 Å². The number of piperidine rings is 1. The highest BCUT2D eigenvalue weighted by molar-refractivity contribution is 5.70. The van der Waals surface area contributed by atoms with Gasteiger partial charge >= 0.3 is 0 Å². The quantitative estimate of drug-likeness (QED) is 0.806. The van der Waals surface area contributed by atoms with Crippen molar-refractivity contribution in [2.45, 2.75) is 44.6 Å². The summed E-state index contributed by atoms with van der Waals surface area (Å²) in [5.74, 6) is 1.74. The smallest absolute Gasteiger partial charge is 0.149 e. The molecule has 5 heteroatoms. The maximum atomic E-state index is 10.4. The molecule has 0 radical (unpaired) electrons. The van der Waals surface area contributed by atoms with Crippen LogP contribution in [0.1, 0.15) is 42.7 Å². The van der Waals surface area contributed by atoms with Gasteiger partial charge in [0, 0.05) is 18.2 Å². The van der Waals surface area contributed by atoms with Crippen molar-refractivity contribution >= 4 is 5.82 Å². The molecule has 1 aromatic heterocycles. The van der Waals surface area contributed by atoms with Crippen molar-refractivity contribution in [3.63, 3.8) is 0 Å². The number of hydrogen-bond acceptors (Lipinski definition) is 5. The average molecular weight is 324 g/mol. The fourth-order valence-corrected chi connectivity index (χ4v) is 3.43. The molecule has 0 unspecified atom stereocenters. The SMILES string of the molecule is Cc1cc(N[C@@H]2CCCNC2)nnc1-c1ccc(C2CC2)cc1O. The summed E-state index contributed by atoms with van der Waals surface area (Å²) < 4.78 is 0. The molecule has 2 fully saturated rings. The molecule has 4 rings (SSSR count). The average Bonchev–Trinajstić information content (AvgIpc) is 3.42. The first-order chi connectivity index (χ1) is 11.7. The van der Waals surface area contributed by atoms with Gasteiger partial charge in [-0.25, -0.2) is 0 Å². The van der Waals surface area contributed by atoms with E-state index in [-0.39, 0.29) is 0 Å². The molecule has 0 bridgehead atoms. The summed E-state index contributed by atoms with van der Waals surface area (Å²) >= 11 is 0. The highest BCUT2D eigenvalue weighted by Crippen LogP contribution is 2.42. The number of aryl methyl sites for hydroxylation is 1. The molecule has 1 aromatic carbocycles. The molecule has 1 aliphatic heterocycles. The minimum atomic E-state index is 0.300. The number of benzene rings is 1. The predicted octanol–water partition coefficient (Wildman–Crippen LogP) is 3.20. The first kappa shape index (κ1) is 15.4. The van der Waals surface area contributed by atoms with E-state index in [1.54, 1.807) is 0 Å². The molecule has 0 spiro atoms. The second-order valence-electron chi connectivity index (χ2n) is 7.00. The Morgan fingerprint density at radius 1 is 1.17 bits per heavy atom. The van der Waals surface area contributed by atoms with E-state index in [9.17, 15) is 5.11 Å².